The molecule has 90 valence electrons. The third-order valence-electron chi connectivity index (χ3n) is 2.24. The molecule has 0 aromatic heterocycles. The van der Waals surface area contributed by atoms with Gasteiger partial charge in [0.15, 0.2) is 0 Å². The van der Waals surface area contributed by atoms with Crippen molar-refractivity contribution in [1.29, 1.82) is 0 Å². The molecule has 0 saturated heterocycles. The fourth-order valence-corrected chi connectivity index (χ4v) is 1.27. The van der Waals surface area contributed by atoms with Gasteiger partial charge in [0.25, 0.3) is 0 Å². The van der Waals surface area contributed by atoms with Gasteiger partial charge in [-0.3, -0.25) is 0 Å². The number of hydrogen-bond donors (Lipinski definition) is 2. The van der Waals surface area contributed by atoms with Gasteiger partial charge in [0.2, 0.25) is 0 Å². The quantitative estimate of drug-likeness (QED) is 0.394. The molecule has 0 aromatic carbocycles. The number of rotatable bonds is 7. The summed E-state index contributed by atoms with van der Waals surface area (Å²) in [5, 5.41) is 19.2. The highest BCUT2D eigenvalue weighted by molar-refractivity contribution is 5.19. The Morgan fingerprint density at radius 3 is 2.56 bits per heavy atom. The predicted molar refractivity (Wildman–Crippen MR) is 67.9 cm³/mol. The van der Waals surface area contributed by atoms with Gasteiger partial charge in [-0.2, -0.15) is 0 Å². The molecule has 0 saturated carbocycles. The molecule has 0 amide bonds. The van der Waals surface area contributed by atoms with Gasteiger partial charge in [-0.25, -0.2) is 0 Å². The van der Waals surface area contributed by atoms with Crippen LogP contribution in [0.3, 0.4) is 0 Å². The molecule has 0 fully saturated rings. The van der Waals surface area contributed by atoms with Crippen molar-refractivity contribution in [3.05, 3.63) is 24.3 Å². The number of aliphatic hydroxyl groups excluding tert-OH is 2. The van der Waals surface area contributed by atoms with Crippen LogP contribution in [0.25, 0.3) is 0 Å². The topological polar surface area (TPSA) is 40.5 Å². The van der Waals surface area contributed by atoms with Crippen LogP contribution in [0.4, 0.5) is 0 Å². The lowest BCUT2D eigenvalue weighted by Gasteiger charge is -2.13. The van der Waals surface area contributed by atoms with Gasteiger partial charge in [0.05, 0.1) is 12.2 Å². The fraction of sp³-hybridized carbons (Fsp3) is 0.571. The summed E-state index contributed by atoms with van der Waals surface area (Å²) in [6.45, 7) is 3.88. The molecule has 2 N–H and O–H groups in total. The summed E-state index contributed by atoms with van der Waals surface area (Å²) in [5.41, 5.74) is 0. The molecule has 0 radical (unpaired) electrons. The Hall–Kier alpha value is -1.04. The zero-order valence-electron chi connectivity index (χ0n) is 10.2. The van der Waals surface area contributed by atoms with Crippen LogP contribution in [0.5, 0.6) is 0 Å². The van der Waals surface area contributed by atoms with Gasteiger partial charge in [-0.1, -0.05) is 50.3 Å². The fourth-order valence-electron chi connectivity index (χ4n) is 1.27. The summed E-state index contributed by atoms with van der Waals surface area (Å²) in [6.07, 6.45) is 9.13. The largest absolute Gasteiger partial charge is 0.390 e. The van der Waals surface area contributed by atoms with E-state index in [4.69, 9.17) is 0 Å². The van der Waals surface area contributed by atoms with Gasteiger partial charge in [-0.15, -0.1) is 5.92 Å². The summed E-state index contributed by atoms with van der Waals surface area (Å²) in [4.78, 5) is 0. The van der Waals surface area contributed by atoms with Crippen LogP contribution in [-0.4, -0.2) is 22.4 Å². The Kier molecular flexibility index (Phi) is 9.80. The molecule has 2 atom stereocenters. The number of hydrogen-bond acceptors (Lipinski definition) is 2. The second-order valence-corrected chi connectivity index (χ2v) is 3.69. The van der Waals surface area contributed by atoms with E-state index in [0.717, 1.165) is 19.3 Å². The third kappa shape index (κ3) is 8.28. The smallest absolute Gasteiger partial charge is 0.0982 e. The highest BCUT2D eigenvalue weighted by Crippen LogP contribution is 2.07. The Bertz CT molecular complexity index is 268. The molecule has 0 aromatic rings. The van der Waals surface area contributed by atoms with Crippen molar-refractivity contribution in [3.63, 3.8) is 0 Å². The van der Waals surface area contributed by atoms with Crippen LogP contribution in [0, 0.1) is 11.8 Å². The molecular formula is C14H22O2. The van der Waals surface area contributed by atoms with E-state index in [0.29, 0.717) is 6.42 Å². The first-order chi connectivity index (χ1) is 7.72. The van der Waals surface area contributed by atoms with Crippen LogP contribution in [0.1, 0.15) is 39.5 Å². The Morgan fingerprint density at radius 2 is 1.94 bits per heavy atom. The van der Waals surface area contributed by atoms with Crippen molar-refractivity contribution < 1.29 is 10.2 Å². The van der Waals surface area contributed by atoms with Crippen LogP contribution in [0.2, 0.25) is 0 Å². The maximum Gasteiger partial charge on any atom is 0.0982 e. The number of unbranched alkanes of at least 4 members (excludes halogenated alkanes) is 2. The summed E-state index contributed by atoms with van der Waals surface area (Å²) in [7, 11) is 0. The normalized spacial score (nSPS) is 15.0. The highest BCUT2D eigenvalue weighted by atomic mass is 16.3. The third-order valence-corrected chi connectivity index (χ3v) is 2.24. The van der Waals surface area contributed by atoms with E-state index in [1.807, 2.05) is 0 Å². The Balaban J connectivity index is 3.83. The molecule has 0 aliphatic carbocycles. The van der Waals surface area contributed by atoms with Gasteiger partial charge in [0.1, 0.15) is 0 Å². The number of allylic oxidation sites excluding steroid dienone is 3. The summed E-state index contributed by atoms with van der Waals surface area (Å²) in [5.74, 6) is 5.50. The molecule has 0 aliphatic heterocycles. The predicted octanol–water partition coefficient (Wildman–Crippen LogP) is 2.42. The minimum absolute atomic E-state index is 0.651. The van der Waals surface area contributed by atoms with Crippen molar-refractivity contribution in [2.45, 2.75) is 51.7 Å². The zero-order chi connectivity index (χ0) is 12.2. The van der Waals surface area contributed by atoms with Crippen LogP contribution < -0.4 is 0 Å². The van der Waals surface area contributed by atoms with Crippen molar-refractivity contribution in [1.82, 2.24) is 0 Å². The molecule has 2 nitrogen and oxygen atoms in total. The highest BCUT2D eigenvalue weighted by Gasteiger charge is 2.11. The lowest BCUT2D eigenvalue weighted by Crippen LogP contribution is -2.23. The van der Waals surface area contributed by atoms with E-state index >= 15 is 0 Å². The van der Waals surface area contributed by atoms with Crippen LogP contribution in [-0.2, 0) is 0 Å². The molecule has 0 bridgehead atoms. The maximum absolute atomic E-state index is 9.59. The average molecular weight is 222 g/mol. The molecule has 0 heterocycles. The van der Waals surface area contributed by atoms with E-state index in [9.17, 15) is 10.2 Å². The van der Waals surface area contributed by atoms with Crippen LogP contribution >= 0.6 is 0 Å². The van der Waals surface area contributed by atoms with Gasteiger partial charge in [-0.05, 0) is 19.4 Å². The average Bonchev–Trinajstić information content (AvgIpc) is 2.28. The molecule has 2 heteroatoms. The number of aliphatic hydroxyl groups is 2. The summed E-state index contributed by atoms with van der Waals surface area (Å²) < 4.78 is 0. The van der Waals surface area contributed by atoms with E-state index < -0.39 is 12.2 Å². The molecule has 0 rings (SSSR count). The van der Waals surface area contributed by atoms with Gasteiger partial charge < -0.3 is 10.2 Å². The Morgan fingerprint density at radius 1 is 1.19 bits per heavy atom. The standard InChI is InChI=1S/C14H22O2/c1-3-5-7-8-10-12-14(16)13(15)11-9-6-4-2/h7-8,10,12-16H,4,6,9,11H2,1-2H3/b8-7+,12-10+. The van der Waals surface area contributed by atoms with Crippen molar-refractivity contribution in [2.75, 3.05) is 0 Å². The molecule has 2 unspecified atom stereocenters. The molecule has 16 heavy (non-hydrogen) atoms. The second-order valence-electron chi connectivity index (χ2n) is 3.69. The first-order valence-electron chi connectivity index (χ1n) is 5.84. The first kappa shape index (κ1) is 15.0. The van der Waals surface area contributed by atoms with E-state index in [1.165, 1.54) is 0 Å². The van der Waals surface area contributed by atoms with Gasteiger partial charge in [0, 0.05) is 0 Å². The molecular weight excluding hydrogens is 200 g/mol. The van der Waals surface area contributed by atoms with Gasteiger partial charge >= 0.3 is 0 Å². The molecule has 0 aliphatic rings. The summed E-state index contributed by atoms with van der Waals surface area (Å²) >= 11 is 0. The lowest BCUT2D eigenvalue weighted by atomic mass is 10.1. The van der Waals surface area contributed by atoms with E-state index in [-0.39, 0.29) is 0 Å². The lowest BCUT2D eigenvalue weighted by molar-refractivity contribution is 0.0415. The van der Waals surface area contributed by atoms with Crippen molar-refractivity contribution in [2.24, 2.45) is 0 Å². The minimum atomic E-state index is -0.781. The minimum Gasteiger partial charge on any atom is -0.390 e. The first-order valence-corrected chi connectivity index (χ1v) is 5.84. The van der Waals surface area contributed by atoms with Crippen LogP contribution in [0.15, 0.2) is 24.3 Å². The maximum atomic E-state index is 9.59. The molecule has 0 spiro atoms. The van der Waals surface area contributed by atoms with Crippen molar-refractivity contribution in [3.8, 4) is 11.8 Å². The SMILES string of the molecule is CC#C/C=C/C=C/C(O)C(O)CCCCC. The Labute approximate surface area is 98.7 Å². The monoisotopic (exact) mass is 222 g/mol. The van der Waals surface area contributed by atoms with E-state index in [2.05, 4.69) is 18.8 Å². The van der Waals surface area contributed by atoms with E-state index in [1.54, 1.807) is 31.2 Å². The van der Waals surface area contributed by atoms with Crippen molar-refractivity contribution >= 4 is 0 Å². The summed E-state index contributed by atoms with van der Waals surface area (Å²) in [6, 6.07) is 0. The second kappa shape index (κ2) is 10.5. The zero-order valence-corrected chi connectivity index (χ0v) is 10.2.